The van der Waals surface area contributed by atoms with Gasteiger partial charge in [-0.15, -0.1) is 0 Å². The van der Waals surface area contributed by atoms with Crippen LogP contribution >= 0.6 is 31.9 Å². The molecule has 1 heterocycles. The minimum absolute atomic E-state index is 0.652. The van der Waals surface area contributed by atoms with Gasteiger partial charge in [0.05, 0.1) is 15.6 Å². The van der Waals surface area contributed by atoms with Crippen molar-refractivity contribution in [2.45, 2.75) is 19.9 Å². The number of halogens is 2. The van der Waals surface area contributed by atoms with Crippen LogP contribution in [-0.4, -0.2) is 22.9 Å². The van der Waals surface area contributed by atoms with E-state index in [9.17, 15) is 0 Å². The van der Waals surface area contributed by atoms with Gasteiger partial charge in [-0.1, -0.05) is 0 Å². The van der Waals surface area contributed by atoms with Gasteiger partial charge in [-0.3, -0.25) is 4.68 Å². The van der Waals surface area contributed by atoms with Crippen LogP contribution in [0.1, 0.15) is 18.2 Å². The highest BCUT2D eigenvalue weighted by molar-refractivity contribution is 9.11. The average molecular weight is 417 g/mol. The summed E-state index contributed by atoms with van der Waals surface area (Å²) in [5.74, 6) is 0.858. The molecular weight excluding hydrogens is 398 g/mol. The van der Waals surface area contributed by atoms with Gasteiger partial charge in [-0.25, -0.2) is 0 Å². The van der Waals surface area contributed by atoms with Crippen molar-refractivity contribution < 1.29 is 4.74 Å². The Morgan fingerprint density at radius 3 is 2.57 bits per heavy atom. The van der Waals surface area contributed by atoms with E-state index in [1.54, 1.807) is 0 Å². The predicted octanol–water partition coefficient (Wildman–Crippen LogP) is 3.68. The fourth-order valence-corrected chi connectivity index (χ4v) is 3.60. The van der Waals surface area contributed by atoms with Crippen LogP contribution < -0.4 is 10.1 Å². The summed E-state index contributed by atoms with van der Waals surface area (Å²) < 4.78 is 9.44. The Labute approximate surface area is 142 Å². The molecule has 0 atom stereocenters. The number of nitrogens with one attached hydrogen (secondary N) is 1. The number of aromatic nitrogens is 2. The summed E-state index contributed by atoms with van der Waals surface area (Å²) in [4.78, 5) is 0. The second-order valence-corrected chi connectivity index (χ2v) is 6.40. The zero-order valence-electron chi connectivity index (χ0n) is 12.2. The quantitative estimate of drug-likeness (QED) is 0.699. The molecule has 114 valence electrons. The average Bonchev–Trinajstić information content (AvgIpc) is 2.84. The molecular formula is C15H19Br2N3O. The highest BCUT2D eigenvalue weighted by Gasteiger charge is 2.08. The Balaban J connectivity index is 1.87. The Bertz CT molecular complexity index is 575. The SMILES string of the molecule is CCOc1c(Br)cc(CNCCc2ccnn2C)cc1Br. The third-order valence-electron chi connectivity index (χ3n) is 3.16. The number of aryl methyl sites for hydroxylation is 1. The summed E-state index contributed by atoms with van der Waals surface area (Å²) in [6, 6.07) is 6.23. The van der Waals surface area contributed by atoms with Crippen LogP contribution in [0.25, 0.3) is 0 Å². The van der Waals surface area contributed by atoms with E-state index in [-0.39, 0.29) is 0 Å². The monoisotopic (exact) mass is 415 g/mol. The number of benzene rings is 1. The lowest BCUT2D eigenvalue weighted by Gasteiger charge is -2.11. The van der Waals surface area contributed by atoms with Gasteiger partial charge < -0.3 is 10.1 Å². The molecule has 0 aliphatic carbocycles. The zero-order chi connectivity index (χ0) is 15.2. The van der Waals surface area contributed by atoms with E-state index in [0.717, 1.165) is 34.2 Å². The fourth-order valence-electron chi connectivity index (χ4n) is 2.09. The minimum Gasteiger partial charge on any atom is -0.492 e. The molecule has 4 nitrogen and oxygen atoms in total. The molecule has 21 heavy (non-hydrogen) atoms. The fraction of sp³-hybridized carbons (Fsp3) is 0.400. The summed E-state index contributed by atoms with van der Waals surface area (Å²) in [5, 5.41) is 7.62. The molecule has 1 aromatic heterocycles. The van der Waals surface area contributed by atoms with E-state index in [2.05, 4.69) is 54.4 Å². The van der Waals surface area contributed by atoms with Crippen LogP contribution in [0.2, 0.25) is 0 Å². The number of ether oxygens (including phenoxy) is 1. The first-order chi connectivity index (χ1) is 10.1. The van der Waals surface area contributed by atoms with E-state index in [1.165, 1.54) is 11.3 Å². The molecule has 0 amide bonds. The first-order valence-electron chi connectivity index (χ1n) is 6.90. The second-order valence-electron chi connectivity index (χ2n) is 4.69. The highest BCUT2D eigenvalue weighted by Crippen LogP contribution is 2.34. The van der Waals surface area contributed by atoms with Crippen molar-refractivity contribution in [1.29, 1.82) is 0 Å². The predicted molar refractivity (Wildman–Crippen MR) is 91.6 cm³/mol. The van der Waals surface area contributed by atoms with E-state index < -0.39 is 0 Å². The Kier molecular flexibility index (Phi) is 6.26. The summed E-state index contributed by atoms with van der Waals surface area (Å²) in [5.41, 5.74) is 2.44. The van der Waals surface area contributed by atoms with Gasteiger partial charge >= 0.3 is 0 Å². The van der Waals surface area contributed by atoms with Crippen molar-refractivity contribution in [2.24, 2.45) is 7.05 Å². The molecule has 0 saturated carbocycles. The van der Waals surface area contributed by atoms with Gasteiger partial charge in [0, 0.05) is 38.4 Å². The van der Waals surface area contributed by atoms with Crippen LogP contribution in [0.15, 0.2) is 33.3 Å². The second kappa shape index (κ2) is 7.96. The largest absolute Gasteiger partial charge is 0.492 e. The van der Waals surface area contributed by atoms with Crippen LogP contribution in [0.4, 0.5) is 0 Å². The standard InChI is InChI=1S/C15H19Br2N3O/c1-3-21-15-13(16)8-11(9-14(15)17)10-18-6-4-12-5-7-19-20(12)2/h5,7-9,18H,3-4,6,10H2,1-2H3. The van der Waals surface area contributed by atoms with E-state index in [4.69, 9.17) is 4.74 Å². The van der Waals surface area contributed by atoms with Crippen molar-refractivity contribution in [2.75, 3.05) is 13.2 Å². The van der Waals surface area contributed by atoms with Crippen molar-refractivity contribution in [3.8, 4) is 5.75 Å². The van der Waals surface area contributed by atoms with Gasteiger partial charge in [0.15, 0.2) is 0 Å². The van der Waals surface area contributed by atoms with E-state index in [1.807, 2.05) is 30.9 Å². The summed E-state index contributed by atoms with van der Waals surface area (Å²) >= 11 is 7.11. The Morgan fingerprint density at radius 1 is 1.29 bits per heavy atom. The molecule has 0 saturated heterocycles. The highest BCUT2D eigenvalue weighted by atomic mass is 79.9. The lowest BCUT2D eigenvalue weighted by Crippen LogP contribution is -2.18. The molecule has 0 spiro atoms. The molecule has 2 rings (SSSR count). The molecule has 0 fully saturated rings. The summed E-state index contributed by atoms with van der Waals surface area (Å²) in [7, 11) is 1.97. The molecule has 0 aliphatic rings. The number of hydrogen-bond donors (Lipinski definition) is 1. The molecule has 0 aliphatic heterocycles. The van der Waals surface area contributed by atoms with Crippen molar-refractivity contribution in [3.05, 3.63) is 44.6 Å². The Hall–Kier alpha value is -0.850. The normalized spacial score (nSPS) is 10.9. The van der Waals surface area contributed by atoms with Crippen molar-refractivity contribution >= 4 is 31.9 Å². The maximum absolute atomic E-state index is 5.59. The summed E-state index contributed by atoms with van der Waals surface area (Å²) in [6.07, 6.45) is 2.80. The topological polar surface area (TPSA) is 39.1 Å². The van der Waals surface area contributed by atoms with Gasteiger partial charge in [0.2, 0.25) is 0 Å². The van der Waals surface area contributed by atoms with Crippen LogP contribution in [0.5, 0.6) is 5.75 Å². The first-order valence-corrected chi connectivity index (χ1v) is 8.48. The maximum Gasteiger partial charge on any atom is 0.147 e. The van der Waals surface area contributed by atoms with Crippen LogP contribution in [0.3, 0.4) is 0 Å². The molecule has 6 heteroatoms. The third kappa shape index (κ3) is 4.56. The molecule has 0 unspecified atom stereocenters. The minimum atomic E-state index is 0.652. The van der Waals surface area contributed by atoms with Gasteiger partial charge in [-0.05, 0) is 62.5 Å². The first kappa shape index (κ1) is 16.5. The maximum atomic E-state index is 5.59. The Morgan fingerprint density at radius 2 is 2.00 bits per heavy atom. The number of rotatable bonds is 7. The number of nitrogens with zero attached hydrogens (tertiary/aromatic N) is 2. The molecule has 2 aromatic rings. The van der Waals surface area contributed by atoms with Gasteiger partial charge in [0.1, 0.15) is 5.75 Å². The summed E-state index contributed by atoms with van der Waals surface area (Å²) in [6.45, 7) is 4.37. The lowest BCUT2D eigenvalue weighted by molar-refractivity contribution is 0.336. The third-order valence-corrected chi connectivity index (χ3v) is 4.33. The zero-order valence-corrected chi connectivity index (χ0v) is 15.4. The van der Waals surface area contributed by atoms with E-state index in [0.29, 0.717) is 6.61 Å². The molecule has 0 bridgehead atoms. The van der Waals surface area contributed by atoms with Crippen molar-refractivity contribution in [3.63, 3.8) is 0 Å². The van der Waals surface area contributed by atoms with Crippen LogP contribution in [0, 0.1) is 0 Å². The smallest absolute Gasteiger partial charge is 0.147 e. The van der Waals surface area contributed by atoms with Gasteiger partial charge in [0.25, 0.3) is 0 Å². The lowest BCUT2D eigenvalue weighted by atomic mass is 10.2. The molecule has 1 aromatic carbocycles. The number of hydrogen-bond acceptors (Lipinski definition) is 3. The van der Waals surface area contributed by atoms with Gasteiger partial charge in [-0.2, -0.15) is 5.10 Å². The molecule has 1 N–H and O–H groups in total. The molecule has 0 radical (unpaired) electrons. The van der Waals surface area contributed by atoms with E-state index >= 15 is 0 Å². The van der Waals surface area contributed by atoms with Crippen molar-refractivity contribution in [1.82, 2.24) is 15.1 Å². The van der Waals surface area contributed by atoms with Crippen LogP contribution in [-0.2, 0) is 20.0 Å².